The lowest BCUT2D eigenvalue weighted by molar-refractivity contribution is -0.156. The van der Waals surface area contributed by atoms with Gasteiger partial charge < -0.3 is 38.9 Å². The van der Waals surface area contributed by atoms with E-state index in [0.717, 1.165) is 11.8 Å². The van der Waals surface area contributed by atoms with E-state index in [0.29, 0.717) is 42.9 Å². The maximum Gasteiger partial charge on any atom is 0.407 e. The minimum atomic E-state index is -1.25. The van der Waals surface area contributed by atoms with E-state index >= 15 is 8.78 Å². The van der Waals surface area contributed by atoms with Crippen LogP contribution in [0.5, 0.6) is 28.9 Å². The van der Waals surface area contributed by atoms with Gasteiger partial charge in [0, 0.05) is 37.7 Å². The molecule has 1 unspecified atom stereocenters. The van der Waals surface area contributed by atoms with E-state index in [4.69, 9.17) is 23.7 Å². The Labute approximate surface area is 342 Å². The topological polar surface area (TPSA) is 159 Å². The van der Waals surface area contributed by atoms with Crippen molar-refractivity contribution in [2.45, 2.75) is 84.7 Å². The van der Waals surface area contributed by atoms with Crippen molar-refractivity contribution in [1.29, 1.82) is 5.26 Å². The average Bonchev–Trinajstić information content (AvgIpc) is 3.61. The van der Waals surface area contributed by atoms with E-state index in [2.05, 4.69) is 20.6 Å². The molecule has 0 saturated carbocycles. The number of carbonyl (C=O) groups is 2. The predicted octanol–water partition coefficient (Wildman–Crippen LogP) is 9.61. The van der Waals surface area contributed by atoms with Gasteiger partial charge in [-0.15, -0.1) is 0 Å². The van der Waals surface area contributed by atoms with Crippen LogP contribution in [0.1, 0.15) is 71.9 Å². The molecule has 0 radical (unpaired) electrons. The Hall–Kier alpha value is -6.69. The highest BCUT2D eigenvalue weighted by Gasteiger charge is 2.27. The van der Waals surface area contributed by atoms with Crippen LogP contribution in [0.15, 0.2) is 85.3 Å². The van der Waals surface area contributed by atoms with Gasteiger partial charge in [-0.3, -0.25) is 0 Å². The number of hydrogen-bond donors (Lipinski definition) is 2. The predicted molar refractivity (Wildman–Crippen MR) is 216 cm³/mol. The van der Waals surface area contributed by atoms with Crippen LogP contribution in [0, 0.1) is 23.0 Å². The zero-order valence-electron chi connectivity index (χ0n) is 34.1. The summed E-state index contributed by atoms with van der Waals surface area (Å²) < 4.78 is 62.0. The lowest BCUT2D eigenvalue weighted by Gasteiger charge is -2.25. The number of hydrogen-bond acceptors (Lipinski definition) is 11. The Morgan fingerprint density at radius 1 is 0.881 bits per heavy atom. The molecule has 2 heterocycles. The zero-order chi connectivity index (χ0) is 42.7. The van der Waals surface area contributed by atoms with E-state index < -0.39 is 52.6 Å². The molecule has 0 bridgehead atoms. The Morgan fingerprint density at radius 3 is 2.29 bits per heavy atom. The maximum atomic E-state index is 16.2. The third kappa shape index (κ3) is 12.6. The van der Waals surface area contributed by atoms with Crippen molar-refractivity contribution in [3.05, 3.63) is 108 Å². The van der Waals surface area contributed by atoms with E-state index in [1.54, 1.807) is 77.7 Å². The van der Waals surface area contributed by atoms with Crippen molar-refractivity contribution in [2.24, 2.45) is 7.05 Å². The SMILES string of the molecule is Cn1ccnc1-c1cc(NC(CCCCNC(=O)OC(C)(C)C)C(=O)OC(C)(C)C)ccc1Oc1c(F)cnc(Oc2cc(C#N)ccc2OCc2ccccc2)c1F. The van der Waals surface area contributed by atoms with Crippen molar-refractivity contribution in [3.8, 4) is 46.3 Å². The number of halogens is 2. The van der Waals surface area contributed by atoms with Crippen molar-refractivity contribution in [2.75, 3.05) is 11.9 Å². The largest absolute Gasteiger partial charge is 0.485 e. The van der Waals surface area contributed by atoms with Crippen LogP contribution in [0.4, 0.5) is 19.3 Å². The molecule has 5 aromatic rings. The van der Waals surface area contributed by atoms with Crippen molar-refractivity contribution >= 4 is 17.7 Å². The summed E-state index contributed by atoms with van der Waals surface area (Å²) >= 11 is 0. The van der Waals surface area contributed by atoms with Crippen LogP contribution in [-0.2, 0) is 27.9 Å². The first kappa shape index (κ1) is 43.4. The number of aromatic nitrogens is 3. The van der Waals surface area contributed by atoms with Gasteiger partial charge in [0.2, 0.25) is 11.6 Å². The number of benzene rings is 3. The number of alkyl carbamates (subject to hydrolysis) is 1. The van der Waals surface area contributed by atoms with Crippen LogP contribution in [0.3, 0.4) is 0 Å². The molecule has 0 aliphatic rings. The van der Waals surface area contributed by atoms with E-state index in [1.165, 1.54) is 24.3 Å². The average molecular weight is 811 g/mol. The van der Waals surface area contributed by atoms with Crippen LogP contribution in [0.25, 0.3) is 11.4 Å². The van der Waals surface area contributed by atoms with Gasteiger partial charge in [0.25, 0.3) is 5.88 Å². The molecule has 2 N–H and O–H groups in total. The molecule has 0 aliphatic heterocycles. The molecule has 5 rings (SSSR count). The number of anilines is 1. The summed E-state index contributed by atoms with van der Waals surface area (Å²) in [7, 11) is 1.74. The number of pyridine rings is 1. The number of nitrogens with zero attached hydrogens (tertiary/aromatic N) is 4. The Bertz CT molecular complexity index is 2280. The molecule has 0 aliphatic carbocycles. The van der Waals surface area contributed by atoms with Gasteiger partial charge in [-0.1, -0.05) is 30.3 Å². The number of ether oxygens (including phenoxy) is 5. The monoisotopic (exact) mass is 810 g/mol. The highest BCUT2D eigenvalue weighted by atomic mass is 19.1. The fourth-order valence-corrected chi connectivity index (χ4v) is 5.63. The molecule has 310 valence electrons. The summed E-state index contributed by atoms with van der Waals surface area (Å²) in [4.78, 5) is 33.8. The van der Waals surface area contributed by atoms with Crippen molar-refractivity contribution in [1.82, 2.24) is 19.9 Å². The normalized spacial score (nSPS) is 11.9. The molecule has 0 spiro atoms. The summed E-state index contributed by atoms with van der Waals surface area (Å²) in [5.74, 6) is -3.68. The Balaban J connectivity index is 1.39. The Morgan fingerprint density at radius 2 is 1.61 bits per heavy atom. The zero-order valence-corrected chi connectivity index (χ0v) is 34.1. The van der Waals surface area contributed by atoms with Crippen LogP contribution >= 0.6 is 0 Å². The van der Waals surface area contributed by atoms with Gasteiger partial charge in [-0.2, -0.15) is 9.65 Å². The number of aryl methyl sites for hydroxylation is 1. The summed E-state index contributed by atoms with van der Waals surface area (Å²) in [6.07, 6.45) is 4.95. The van der Waals surface area contributed by atoms with Crippen LogP contribution in [0.2, 0.25) is 0 Å². The number of unbranched alkanes of at least 4 members (excludes halogenated alkanes) is 1. The van der Waals surface area contributed by atoms with Crippen LogP contribution < -0.4 is 24.8 Å². The summed E-state index contributed by atoms with van der Waals surface area (Å²) in [5, 5.41) is 15.5. The fourth-order valence-electron chi connectivity index (χ4n) is 5.63. The number of amides is 1. The minimum absolute atomic E-state index is 0.0214. The van der Waals surface area contributed by atoms with Crippen LogP contribution in [-0.4, -0.2) is 50.4 Å². The quantitative estimate of drug-likeness (QED) is 0.0722. The molecule has 0 saturated heterocycles. The molecule has 3 aromatic carbocycles. The van der Waals surface area contributed by atoms with E-state index in [-0.39, 0.29) is 29.4 Å². The number of nitrogens with one attached hydrogen (secondary N) is 2. The van der Waals surface area contributed by atoms with Gasteiger partial charge in [0.1, 0.15) is 35.4 Å². The first-order valence-electron chi connectivity index (χ1n) is 19.0. The van der Waals surface area contributed by atoms with Crippen molar-refractivity contribution < 1.29 is 42.1 Å². The minimum Gasteiger partial charge on any atom is -0.485 e. The second-order valence-corrected chi connectivity index (χ2v) is 15.5. The fraction of sp³-hybridized carbons (Fsp3) is 0.341. The lowest BCUT2D eigenvalue weighted by Crippen LogP contribution is -2.37. The molecule has 1 amide bonds. The van der Waals surface area contributed by atoms with Crippen molar-refractivity contribution in [3.63, 3.8) is 0 Å². The first-order valence-corrected chi connectivity index (χ1v) is 19.0. The molecule has 1 atom stereocenters. The first-order chi connectivity index (χ1) is 28.0. The number of rotatable bonds is 16. The summed E-state index contributed by atoms with van der Waals surface area (Å²) in [6.45, 7) is 11.2. The maximum absolute atomic E-state index is 16.2. The smallest absolute Gasteiger partial charge is 0.407 e. The molecular formula is C44H48F2N6O7. The van der Waals surface area contributed by atoms with Gasteiger partial charge in [-0.05, 0) is 96.7 Å². The van der Waals surface area contributed by atoms with E-state index in [1.807, 2.05) is 36.4 Å². The summed E-state index contributed by atoms with van der Waals surface area (Å²) in [6, 6.07) is 19.7. The highest BCUT2D eigenvalue weighted by Crippen LogP contribution is 2.40. The lowest BCUT2D eigenvalue weighted by atomic mass is 10.1. The number of imidazole rings is 1. The van der Waals surface area contributed by atoms with Gasteiger partial charge in [-0.25, -0.2) is 23.9 Å². The summed E-state index contributed by atoms with van der Waals surface area (Å²) in [5.41, 5.74) is 0.490. The third-order valence-electron chi connectivity index (χ3n) is 8.29. The molecule has 2 aromatic heterocycles. The number of carbonyl (C=O) groups excluding carboxylic acids is 2. The third-order valence-corrected chi connectivity index (χ3v) is 8.29. The Kier molecular flexibility index (Phi) is 14.1. The van der Waals surface area contributed by atoms with E-state index in [9.17, 15) is 14.9 Å². The second kappa shape index (κ2) is 19.2. The van der Waals surface area contributed by atoms with Gasteiger partial charge in [0.05, 0.1) is 23.4 Å². The molecule has 0 fully saturated rings. The molecule has 59 heavy (non-hydrogen) atoms. The molecule has 15 heteroatoms. The molecular weight excluding hydrogens is 763 g/mol. The molecule has 13 nitrogen and oxygen atoms in total. The van der Waals surface area contributed by atoms with Gasteiger partial charge >= 0.3 is 12.1 Å². The number of esters is 1. The second-order valence-electron chi connectivity index (χ2n) is 15.5. The standard InChI is InChI=1S/C44H48F2N6O7/c1-43(2,3)58-41(53)33(15-11-12-20-49-42(54)59-44(4,5)6)51-30-17-19-34(31(24-30)39-48-21-22-52(39)7)56-38-32(45)26-50-40(37(38)46)57-36-23-29(25-47)16-18-35(36)55-27-28-13-9-8-10-14-28/h8-10,13-14,16-19,21-24,26,33,51H,11-12,15,20,27H2,1-7H3,(H,49,54). The number of nitriles is 1. The highest BCUT2D eigenvalue weighted by molar-refractivity contribution is 5.81. The van der Waals surface area contributed by atoms with Gasteiger partial charge in [0.15, 0.2) is 17.3 Å².